The SMILES string of the molecule is COCCn1cc(NC(=O)CCCOc2ccc(Cl)cc2Cl)cn1. The number of carbonyl (C=O) groups excluding carboxylic acids is 1. The number of ether oxygens (including phenoxy) is 2. The van der Waals surface area contributed by atoms with E-state index in [1.54, 1.807) is 42.4 Å². The van der Waals surface area contributed by atoms with Crippen molar-refractivity contribution in [1.82, 2.24) is 9.78 Å². The van der Waals surface area contributed by atoms with Crippen molar-refractivity contribution in [2.45, 2.75) is 19.4 Å². The van der Waals surface area contributed by atoms with E-state index in [-0.39, 0.29) is 5.91 Å². The molecule has 0 bridgehead atoms. The maximum absolute atomic E-state index is 11.9. The largest absolute Gasteiger partial charge is 0.492 e. The molecule has 6 nitrogen and oxygen atoms in total. The molecule has 0 radical (unpaired) electrons. The standard InChI is InChI=1S/C16H19Cl2N3O3/c1-23-8-6-21-11-13(10-19-21)20-16(22)3-2-7-24-15-5-4-12(17)9-14(15)18/h4-5,9-11H,2-3,6-8H2,1H3,(H,20,22). The molecule has 0 fully saturated rings. The number of methoxy groups -OCH3 is 1. The lowest BCUT2D eigenvalue weighted by molar-refractivity contribution is -0.116. The van der Waals surface area contributed by atoms with Gasteiger partial charge in [0.25, 0.3) is 0 Å². The third kappa shape index (κ3) is 6.03. The Kier molecular flexibility index (Phi) is 7.36. The average molecular weight is 372 g/mol. The van der Waals surface area contributed by atoms with Gasteiger partial charge >= 0.3 is 0 Å². The molecule has 0 atom stereocenters. The molecule has 130 valence electrons. The molecule has 2 rings (SSSR count). The summed E-state index contributed by atoms with van der Waals surface area (Å²) >= 11 is 11.8. The minimum Gasteiger partial charge on any atom is -0.492 e. The Labute approximate surface area is 150 Å². The van der Waals surface area contributed by atoms with E-state index < -0.39 is 0 Å². The van der Waals surface area contributed by atoms with Crippen molar-refractivity contribution < 1.29 is 14.3 Å². The van der Waals surface area contributed by atoms with Crippen molar-refractivity contribution in [3.8, 4) is 5.75 Å². The van der Waals surface area contributed by atoms with Gasteiger partial charge in [-0.05, 0) is 24.6 Å². The third-order valence-electron chi connectivity index (χ3n) is 3.14. The Morgan fingerprint density at radius 1 is 1.33 bits per heavy atom. The smallest absolute Gasteiger partial charge is 0.224 e. The van der Waals surface area contributed by atoms with E-state index in [9.17, 15) is 4.79 Å². The topological polar surface area (TPSA) is 65.4 Å². The van der Waals surface area contributed by atoms with E-state index in [0.29, 0.717) is 54.1 Å². The van der Waals surface area contributed by atoms with Crippen LogP contribution in [0, 0.1) is 0 Å². The molecule has 0 aliphatic carbocycles. The highest BCUT2D eigenvalue weighted by Gasteiger charge is 2.06. The Hall–Kier alpha value is -1.76. The second kappa shape index (κ2) is 9.52. The van der Waals surface area contributed by atoms with Gasteiger partial charge in [-0.2, -0.15) is 5.10 Å². The Bertz CT molecular complexity index is 676. The van der Waals surface area contributed by atoms with Gasteiger partial charge in [0, 0.05) is 24.8 Å². The summed E-state index contributed by atoms with van der Waals surface area (Å²) in [6.45, 7) is 1.60. The minimum absolute atomic E-state index is 0.0907. The molecule has 2 aromatic rings. The quantitative estimate of drug-likeness (QED) is 0.683. The van der Waals surface area contributed by atoms with Crippen molar-refractivity contribution >= 4 is 34.8 Å². The Balaban J connectivity index is 1.68. The van der Waals surface area contributed by atoms with Gasteiger partial charge in [0.1, 0.15) is 5.75 Å². The number of aromatic nitrogens is 2. The maximum atomic E-state index is 11.9. The van der Waals surface area contributed by atoms with Gasteiger partial charge in [0.15, 0.2) is 0 Å². The predicted octanol–water partition coefficient (Wildman–Crippen LogP) is 3.63. The number of hydrogen-bond acceptors (Lipinski definition) is 4. The molecule has 24 heavy (non-hydrogen) atoms. The van der Waals surface area contributed by atoms with Gasteiger partial charge in [-0.25, -0.2) is 0 Å². The number of nitrogens with one attached hydrogen (secondary N) is 1. The van der Waals surface area contributed by atoms with E-state index >= 15 is 0 Å². The molecule has 0 saturated carbocycles. The number of halogens is 2. The second-order valence-electron chi connectivity index (χ2n) is 5.06. The molecule has 1 heterocycles. The summed E-state index contributed by atoms with van der Waals surface area (Å²) < 4.78 is 12.2. The van der Waals surface area contributed by atoms with Crippen LogP contribution in [0.2, 0.25) is 10.0 Å². The fourth-order valence-electron chi connectivity index (χ4n) is 1.97. The molecule has 0 saturated heterocycles. The first-order valence-corrected chi connectivity index (χ1v) is 8.23. The van der Waals surface area contributed by atoms with Crippen molar-refractivity contribution in [3.05, 3.63) is 40.6 Å². The number of amides is 1. The zero-order valence-corrected chi connectivity index (χ0v) is 14.8. The van der Waals surface area contributed by atoms with Crippen LogP contribution < -0.4 is 10.1 Å². The Morgan fingerprint density at radius 2 is 2.17 bits per heavy atom. The molecule has 1 N–H and O–H groups in total. The predicted molar refractivity (Wildman–Crippen MR) is 93.9 cm³/mol. The summed E-state index contributed by atoms with van der Waals surface area (Å²) in [5, 5.41) is 7.93. The fourth-order valence-corrected chi connectivity index (χ4v) is 2.43. The molecule has 0 unspecified atom stereocenters. The van der Waals surface area contributed by atoms with Crippen LogP contribution >= 0.6 is 23.2 Å². The van der Waals surface area contributed by atoms with Gasteiger partial charge in [-0.1, -0.05) is 23.2 Å². The van der Waals surface area contributed by atoms with E-state index in [1.807, 2.05) is 0 Å². The van der Waals surface area contributed by atoms with Crippen LogP contribution in [0.15, 0.2) is 30.6 Å². The first-order chi connectivity index (χ1) is 11.6. The normalized spacial score (nSPS) is 10.6. The van der Waals surface area contributed by atoms with Gasteiger partial charge < -0.3 is 14.8 Å². The summed E-state index contributed by atoms with van der Waals surface area (Å²) in [5.41, 5.74) is 0.665. The lowest BCUT2D eigenvalue weighted by Crippen LogP contribution is -2.12. The van der Waals surface area contributed by atoms with E-state index in [0.717, 1.165) is 0 Å². The third-order valence-corrected chi connectivity index (χ3v) is 3.67. The maximum Gasteiger partial charge on any atom is 0.224 e. The Morgan fingerprint density at radius 3 is 2.92 bits per heavy atom. The molecular weight excluding hydrogens is 353 g/mol. The number of anilines is 1. The molecule has 1 aromatic heterocycles. The van der Waals surface area contributed by atoms with Crippen LogP contribution in [0.3, 0.4) is 0 Å². The zero-order valence-electron chi connectivity index (χ0n) is 13.3. The second-order valence-corrected chi connectivity index (χ2v) is 5.90. The summed E-state index contributed by atoms with van der Waals surface area (Å²) in [6.07, 6.45) is 4.29. The summed E-state index contributed by atoms with van der Waals surface area (Å²) in [7, 11) is 1.63. The lowest BCUT2D eigenvalue weighted by atomic mass is 10.3. The number of nitrogens with zero attached hydrogens (tertiary/aromatic N) is 2. The van der Waals surface area contributed by atoms with Crippen LogP contribution in [0.4, 0.5) is 5.69 Å². The molecule has 1 amide bonds. The molecule has 0 aliphatic rings. The van der Waals surface area contributed by atoms with Crippen LogP contribution in [0.25, 0.3) is 0 Å². The highest BCUT2D eigenvalue weighted by molar-refractivity contribution is 6.35. The van der Waals surface area contributed by atoms with Crippen LogP contribution in [-0.4, -0.2) is 36.0 Å². The summed E-state index contributed by atoms with van der Waals surface area (Å²) in [6, 6.07) is 5.03. The van der Waals surface area contributed by atoms with E-state index in [1.165, 1.54) is 0 Å². The van der Waals surface area contributed by atoms with Crippen molar-refractivity contribution in [3.63, 3.8) is 0 Å². The van der Waals surface area contributed by atoms with Gasteiger partial charge in [-0.15, -0.1) is 0 Å². The van der Waals surface area contributed by atoms with Gasteiger partial charge in [-0.3, -0.25) is 9.48 Å². The summed E-state index contributed by atoms with van der Waals surface area (Å²) in [5.74, 6) is 0.466. The van der Waals surface area contributed by atoms with Crippen molar-refractivity contribution in [2.75, 3.05) is 25.6 Å². The zero-order chi connectivity index (χ0) is 17.4. The van der Waals surface area contributed by atoms with Crippen molar-refractivity contribution in [1.29, 1.82) is 0 Å². The van der Waals surface area contributed by atoms with Crippen LogP contribution in [0.1, 0.15) is 12.8 Å². The average Bonchev–Trinajstić information content (AvgIpc) is 2.98. The number of benzene rings is 1. The fraction of sp³-hybridized carbons (Fsp3) is 0.375. The van der Waals surface area contributed by atoms with Gasteiger partial charge in [0.2, 0.25) is 5.91 Å². The first-order valence-electron chi connectivity index (χ1n) is 7.47. The van der Waals surface area contributed by atoms with Crippen LogP contribution in [0.5, 0.6) is 5.75 Å². The highest BCUT2D eigenvalue weighted by atomic mass is 35.5. The number of hydrogen-bond donors (Lipinski definition) is 1. The number of carbonyl (C=O) groups is 1. The van der Waals surface area contributed by atoms with Crippen molar-refractivity contribution in [2.24, 2.45) is 0 Å². The van der Waals surface area contributed by atoms with Gasteiger partial charge in [0.05, 0.1) is 36.7 Å². The highest BCUT2D eigenvalue weighted by Crippen LogP contribution is 2.27. The molecule has 1 aromatic carbocycles. The lowest BCUT2D eigenvalue weighted by Gasteiger charge is -2.08. The van der Waals surface area contributed by atoms with E-state index in [4.69, 9.17) is 32.7 Å². The molecule has 8 heteroatoms. The molecule has 0 aliphatic heterocycles. The number of rotatable bonds is 9. The summed E-state index contributed by atoms with van der Waals surface area (Å²) in [4.78, 5) is 11.9. The minimum atomic E-state index is -0.0907. The first kappa shape index (κ1) is 18.6. The van der Waals surface area contributed by atoms with E-state index in [2.05, 4.69) is 10.4 Å². The molecule has 0 spiro atoms. The van der Waals surface area contributed by atoms with Crippen LogP contribution in [-0.2, 0) is 16.1 Å². The molecular formula is C16H19Cl2N3O3. The monoisotopic (exact) mass is 371 g/mol.